The number of hydrogen-bond donors (Lipinski definition) is 1. The van der Waals surface area contributed by atoms with E-state index in [9.17, 15) is 17.6 Å². The maximum atomic E-state index is 13.1. The molecule has 0 saturated carbocycles. The lowest BCUT2D eigenvalue weighted by Gasteiger charge is -2.35. The summed E-state index contributed by atoms with van der Waals surface area (Å²) in [5.41, 5.74) is 3.62. The molecule has 1 atom stereocenters. The first kappa shape index (κ1) is 22.0. The van der Waals surface area contributed by atoms with E-state index in [1.54, 1.807) is 41.1 Å². The van der Waals surface area contributed by atoms with Crippen molar-refractivity contribution in [1.29, 1.82) is 0 Å². The van der Waals surface area contributed by atoms with Crippen LogP contribution in [0.25, 0.3) is 6.08 Å². The van der Waals surface area contributed by atoms with Crippen molar-refractivity contribution in [3.8, 4) is 11.5 Å². The van der Waals surface area contributed by atoms with Gasteiger partial charge in [-0.1, -0.05) is 36.4 Å². The number of para-hydroxylation sites is 2. The molecule has 2 aliphatic rings. The quantitative estimate of drug-likeness (QED) is 0.445. The summed E-state index contributed by atoms with van der Waals surface area (Å²) in [4.78, 5) is 4.28. The average Bonchev–Trinajstić information content (AvgIpc) is 3.27. The molecule has 1 aliphatic heterocycles. The van der Waals surface area contributed by atoms with Gasteiger partial charge in [0.2, 0.25) is 5.95 Å². The number of anilines is 1. The van der Waals surface area contributed by atoms with Crippen molar-refractivity contribution < 1.29 is 27.0 Å². The largest absolute Gasteiger partial charge is 0.434 e. The summed E-state index contributed by atoms with van der Waals surface area (Å²) in [6.07, 6.45) is 5.35. The second-order valence-corrected chi connectivity index (χ2v) is 7.81. The van der Waals surface area contributed by atoms with E-state index in [1.807, 2.05) is 6.08 Å². The zero-order chi connectivity index (χ0) is 23.7. The second-order valence-electron chi connectivity index (χ2n) is 7.81. The van der Waals surface area contributed by atoms with Crippen LogP contribution < -0.4 is 14.8 Å². The summed E-state index contributed by atoms with van der Waals surface area (Å²) in [5, 5.41) is 7.62. The normalized spacial score (nSPS) is 18.6. The maximum Gasteiger partial charge on any atom is 0.387 e. The van der Waals surface area contributed by atoms with Crippen LogP contribution in [0, 0.1) is 0 Å². The van der Waals surface area contributed by atoms with Gasteiger partial charge < -0.3 is 14.8 Å². The minimum absolute atomic E-state index is 0.0597. The Morgan fingerprint density at radius 1 is 0.941 bits per heavy atom. The van der Waals surface area contributed by atoms with Gasteiger partial charge in [-0.25, -0.2) is 4.68 Å². The average molecular weight is 472 g/mol. The molecular weight excluding hydrogens is 452 g/mol. The number of fused-ring (bicyclic) bond motifs is 1. The molecule has 2 aromatic carbocycles. The summed E-state index contributed by atoms with van der Waals surface area (Å²) >= 11 is 0. The maximum absolute atomic E-state index is 13.1. The van der Waals surface area contributed by atoms with E-state index in [1.165, 1.54) is 18.5 Å². The minimum Gasteiger partial charge on any atom is -0.434 e. The standard InChI is InChI=1S/C24H20F4N4O2/c25-22(26)33-18-10-3-1-6-14(18)12-15-7-5-9-17-20(15)31-24-29-13-30-32(24)21(17)16-8-2-4-11-19(16)34-23(27)28/h1-4,6,8,10-13,21-23H,5,7,9H2,(H,29,30,31)/b15-12+/t21-/m1/s1. The van der Waals surface area contributed by atoms with Crippen LogP contribution in [-0.4, -0.2) is 28.0 Å². The van der Waals surface area contributed by atoms with E-state index in [-0.39, 0.29) is 11.5 Å². The Kier molecular flexibility index (Phi) is 5.95. The SMILES string of the molecule is FC(F)Oc1ccccc1/C=C1\CCCC2=C1Nc1ncnn1[C@@H]2c1ccccc1OC(F)F. The summed E-state index contributed by atoms with van der Waals surface area (Å²) in [5.74, 6) is 0.578. The molecule has 176 valence electrons. The third-order valence-corrected chi connectivity index (χ3v) is 5.81. The molecule has 10 heteroatoms. The molecule has 6 nitrogen and oxygen atoms in total. The molecule has 0 saturated heterocycles. The lowest BCUT2D eigenvalue weighted by molar-refractivity contribution is -0.0510. The number of aromatic nitrogens is 3. The van der Waals surface area contributed by atoms with Crippen molar-refractivity contribution in [2.24, 2.45) is 0 Å². The third-order valence-electron chi connectivity index (χ3n) is 5.81. The van der Waals surface area contributed by atoms with Gasteiger partial charge in [-0.05, 0) is 48.6 Å². The van der Waals surface area contributed by atoms with Gasteiger partial charge in [0.05, 0.1) is 0 Å². The first-order valence-corrected chi connectivity index (χ1v) is 10.7. The summed E-state index contributed by atoms with van der Waals surface area (Å²) in [7, 11) is 0. The molecule has 0 radical (unpaired) electrons. The number of alkyl halides is 4. The molecule has 1 aromatic heterocycles. The van der Waals surface area contributed by atoms with Crippen LogP contribution in [0.1, 0.15) is 36.4 Å². The van der Waals surface area contributed by atoms with E-state index in [4.69, 9.17) is 4.74 Å². The Labute approximate surface area is 192 Å². The van der Waals surface area contributed by atoms with Gasteiger partial charge in [-0.15, -0.1) is 0 Å². The van der Waals surface area contributed by atoms with E-state index >= 15 is 0 Å². The lowest BCUT2D eigenvalue weighted by atomic mass is 9.83. The summed E-state index contributed by atoms with van der Waals surface area (Å²) in [6, 6.07) is 12.7. The van der Waals surface area contributed by atoms with E-state index in [0.29, 0.717) is 29.9 Å². The molecule has 0 spiro atoms. The molecule has 0 bridgehead atoms. The zero-order valence-corrected chi connectivity index (χ0v) is 17.8. The van der Waals surface area contributed by atoms with Crippen LogP contribution in [-0.2, 0) is 0 Å². The van der Waals surface area contributed by atoms with Gasteiger partial charge in [0.1, 0.15) is 23.9 Å². The fourth-order valence-electron chi connectivity index (χ4n) is 4.51. The molecule has 0 amide bonds. The van der Waals surface area contributed by atoms with Crippen LogP contribution in [0.2, 0.25) is 0 Å². The highest BCUT2D eigenvalue weighted by atomic mass is 19.3. The summed E-state index contributed by atoms with van der Waals surface area (Å²) < 4.78 is 63.1. The van der Waals surface area contributed by atoms with Crippen molar-refractivity contribution in [2.75, 3.05) is 5.32 Å². The van der Waals surface area contributed by atoms with E-state index in [2.05, 4.69) is 20.1 Å². The fourth-order valence-corrected chi connectivity index (χ4v) is 4.51. The minimum atomic E-state index is -2.97. The zero-order valence-electron chi connectivity index (χ0n) is 17.8. The molecular formula is C24H20F4N4O2. The molecule has 2 heterocycles. The van der Waals surface area contributed by atoms with Crippen molar-refractivity contribution in [3.05, 3.63) is 82.8 Å². The number of nitrogens with zero attached hydrogens (tertiary/aromatic N) is 3. The Bertz CT molecular complexity index is 1260. The monoisotopic (exact) mass is 472 g/mol. The molecule has 0 fully saturated rings. The summed E-state index contributed by atoms with van der Waals surface area (Å²) in [6.45, 7) is -5.91. The number of hydrogen-bond acceptors (Lipinski definition) is 5. The molecule has 34 heavy (non-hydrogen) atoms. The van der Waals surface area contributed by atoms with Crippen LogP contribution in [0.4, 0.5) is 23.5 Å². The first-order valence-electron chi connectivity index (χ1n) is 10.7. The Hall–Kier alpha value is -3.82. The molecule has 3 aromatic rings. The van der Waals surface area contributed by atoms with Crippen molar-refractivity contribution in [1.82, 2.24) is 14.8 Å². The number of benzene rings is 2. The van der Waals surface area contributed by atoms with Gasteiger partial charge in [0, 0.05) is 16.8 Å². The first-order chi connectivity index (χ1) is 16.5. The van der Waals surface area contributed by atoms with Gasteiger partial charge in [-0.3, -0.25) is 0 Å². The molecule has 5 rings (SSSR count). The topological polar surface area (TPSA) is 61.2 Å². The second kappa shape index (κ2) is 9.20. The van der Waals surface area contributed by atoms with Crippen LogP contribution in [0.15, 0.2) is 71.7 Å². The predicted octanol–water partition coefficient (Wildman–Crippen LogP) is 6.02. The van der Waals surface area contributed by atoms with Gasteiger partial charge >= 0.3 is 13.2 Å². The van der Waals surface area contributed by atoms with Crippen LogP contribution in [0.3, 0.4) is 0 Å². The predicted molar refractivity (Wildman–Crippen MR) is 117 cm³/mol. The van der Waals surface area contributed by atoms with Gasteiger partial charge in [0.15, 0.2) is 0 Å². The molecule has 1 N–H and O–H groups in total. The molecule has 0 unspecified atom stereocenters. The molecule has 1 aliphatic carbocycles. The van der Waals surface area contributed by atoms with Crippen molar-refractivity contribution in [2.45, 2.75) is 38.5 Å². The number of halogens is 4. The fraction of sp³-hybridized carbons (Fsp3) is 0.250. The number of nitrogens with one attached hydrogen (secondary N) is 1. The van der Waals surface area contributed by atoms with Crippen molar-refractivity contribution >= 4 is 12.0 Å². The third kappa shape index (κ3) is 4.23. The smallest absolute Gasteiger partial charge is 0.387 e. The van der Waals surface area contributed by atoms with E-state index in [0.717, 1.165) is 23.3 Å². The Morgan fingerprint density at radius 3 is 2.44 bits per heavy atom. The van der Waals surface area contributed by atoms with Gasteiger partial charge in [0.25, 0.3) is 0 Å². The highest BCUT2D eigenvalue weighted by Gasteiger charge is 2.35. The number of allylic oxidation sites excluding steroid dienone is 2. The van der Waals surface area contributed by atoms with Crippen LogP contribution >= 0.6 is 0 Å². The number of rotatable bonds is 6. The lowest BCUT2D eigenvalue weighted by Crippen LogP contribution is -2.28. The Morgan fingerprint density at radius 2 is 1.65 bits per heavy atom. The van der Waals surface area contributed by atoms with Crippen LogP contribution in [0.5, 0.6) is 11.5 Å². The van der Waals surface area contributed by atoms with E-state index < -0.39 is 19.3 Å². The van der Waals surface area contributed by atoms with Gasteiger partial charge in [-0.2, -0.15) is 27.6 Å². The highest BCUT2D eigenvalue weighted by Crippen LogP contribution is 2.46. The number of ether oxygens (including phenoxy) is 2. The Balaban J connectivity index is 1.63. The van der Waals surface area contributed by atoms with Crippen molar-refractivity contribution in [3.63, 3.8) is 0 Å². The highest BCUT2D eigenvalue weighted by molar-refractivity contribution is 5.68.